The average molecular weight is 360 g/mol. The van der Waals surface area contributed by atoms with Crippen LogP contribution in [0.15, 0.2) is 79.1 Å². The zero-order valence-electron chi connectivity index (χ0n) is 15.6. The van der Waals surface area contributed by atoms with Gasteiger partial charge in [0, 0.05) is 30.4 Å². The van der Waals surface area contributed by atoms with Gasteiger partial charge in [-0.2, -0.15) is 0 Å². The van der Waals surface area contributed by atoms with Gasteiger partial charge in [-0.3, -0.25) is 9.78 Å². The van der Waals surface area contributed by atoms with E-state index in [1.807, 2.05) is 30.3 Å². The molecule has 4 nitrogen and oxygen atoms in total. The number of ether oxygens (including phenoxy) is 1. The molecule has 0 aliphatic heterocycles. The molecule has 27 heavy (non-hydrogen) atoms. The Balaban J connectivity index is 1.66. The zero-order chi connectivity index (χ0) is 19.1. The standard InChI is InChI=1S/C23H24N2O2/c1-17(2)22(18-7-4-3-5-8-18)16-25-23(26)19-9-6-10-21(15-19)27-20-11-13-24-14-12-20/h3-15,17,22H,16H2,1-2H3,(H,25,26)/t22-/m1/s1. The summed E-state index contributed by atoms with van der Waals surface area (Å²) in [5.41, 5.74) is 1.82. The number of carbonyl (C=O) groups is 1. The van der Waals surface area contributed by atoms with E-state index < -0.39 is 0 Å². The Bertz CT molecular complexity index is 864. The molecule has 3 rings (SSSR count). The molecule has 0 saturated carbocycles. The van der Waals surface area contributed by atoms with E-state index in [4.69, 9.17) is 4.74 Å². The van der Waals surface area contributed by atoms with Crippen molar-refractivity contribution < 1.29 is 9.53 Å². The molecule has 1 aromatic heterocycles. The van der Waals surface area contributed by atoms with E-state index in [9.17, 15) is 4.79 Å². The van der Waals surface area contributed by atoms with E-state index in [1.54, 1.807) is 36.7 Å². The van der Waals surface area contributed by atoms with Gasteiger partial charge in [0.05, 0.1) is 0 Å². The van der Waals surface area contributed by atoms with Gasteiger partial charge in [0.15, 0.2) is 0 Å². The number of amides is 1. The van der Waals surface area contributed by atoms with E-state index in [0.717, 1.165) is 0 Å². The van der Waals surface area contributed by atoms with Gasteiger partial charge < -0.3 is 10.1 Å². The second kappa shape index (κ2) is 8.99. The Morgan fingerprint density at radius 3 is 2.41 bits per heavy atom. The monoisotopic (exact) mass is 360 g/mol. The summed E-state index contributed by atoms with van der Waals surface area (Å²) < 4.78 is 5.78. The summed E-state index contributed by atoms with van der Waals surface area (Å²) in [6.45, 7) is 4.94. The fourth-order valence-corrected chi connectivity index (χ4v) is 2.99. The number of nitrogens with zero attached hydrogens (tertiary/aromatic N) is 1. The summed E-state index contributed by atoms with van der Waals surface area (Å²) in [4.78, 5) is 16.6. The third kappa shape index (κ3) is 5.17. The van der Waals surface area contributed by atoms with Crippen LogP contribution in [0.5, 0.6) is 11.5 Å². The van der Waals surface area contributed by atoms with Crippen LogP contribution in [0.2, 0.25) is 0 Å². The van der Waals surface area contributed by atoms with Crippen molar-refractivity contribution in [1.82, 2.24) is 10.3 Å². The third-order valence-corrected chi connectivity index (χ3v) is 4.50. The molecule has 0 aliphatic rings. The lowest BCUT2D eigenvalue weighted by atomic mass is 9.88. The molecule has 1 amide bonds. The first-order valence-electron chi connectivity index (χ1n) is 9.14. The molecule has 0 bridgehead atoms. The van der Waals surface area contributed by atoms with Gasteiger partial charge in [0.2, 0.25) is 0 Å². The lowest BCUT2D eigenvalue weighted by molar-refractivity contribution is 0.0949. The van der Waals surface area contributed by atoms with Crippen LogP contribution in [0, 0.1) is 5.92 Å². The van der Waals surface area contributed by atoms with Crippen LogP contribution in [-0.4, -0.2) is 17.4 Å². The first kappa shape index (κ1) is 18.6. The molecule has 2 aromatic carbocycles. The van der Waals surface area contributed by atoms with Gasteiger partial charge in [-0.1, -0.05) is 50.2 Å². The Morgan fingerprint density at radius 1 is 0.963 bits per heavy atom. The highest BCUT2D eigenvalue weighted by molar-refractivity contribution is 5.94. The number of hydrogen-bond donors (Lipinski definition) is 1. The van der Waals surface area contributed by atoms with Gasteiger partial charge in [0.25, 0.3) is 5.91 Å². The van der Waals surface area contributed by atoms with E-state index in [1.165, 1.54) is 5.56 Å². The van der Waals surface area contributed by atoms with Crippen molar-refractivity contribution in [2.75, 3.05) is 6.54 Å². The molecular formula is C23H24N2O2. The van der Waals surface area contributed by atoms with Gasteiger partial charge in [-0.05, 0) is 41.8 Å². The van der Waals surface area contributed by atoms with Crippen LogP contribution in [0.25, 0.3) is 0 Å². The van der Waals surface area contributed by atoms with Gasteiger partial charge in [-0.25, -0.2) is 0 Å². The van der Waals surface area contributed by atoms with Crippen molar-refractivity contribution in [2.45, 2.75) is 19.8 Å². The molecule has 4 heteroatoms. The number of benzene rings is 2. The van der Waals surface area contributed by atoms with Crippen LogP contribution >= 0.6 is 0 Å². The van der Waals surface area contributed by atoms with E-state index >= 15 is 0 Å². The minimum Gasteiger partial charge on any atom is -0.457 e. The Labute approximate surface area is 160 Å². The Hall–Kier alpha value is -3.14. The van der Waals surface area contributed by atoms with Crippen molar-refractivity contribution in [2.24, 2.45) is 5.92 Å². The maximum absolute atomic E-state index is 12.6. The zero-order valence-corrected chi connectivity index (χ0v) is 15.6. The maximum atomic E-state index is 12.6. The molecule has 0 fully saturated rings. The summed E-state index contributed by atoms with van der Waals surface area (Å²) >= 11 is 0. The molecule has 0 radical (unpaired) electrons. The number of aromatic nitrogens is 1. The molecule has 0 unspecified atom stereocenters. The minimum absolute atomic E-state index is 0.100. The first-order valence-corrected chi connectivity index (χ1v) is 9.14. The van der Waals surface area contributed by atoms with Crippen molar-refractivity contribution >= 4 is 5.91 Å². The number of carbonyl (C=O) groups excluding carboxylic acids is 1. The van der Waals surface area contributed by atoms with Crippen LogP contribution in [0.1, 0.15) is 35.7 Å². The molecule has 0 spiro atoms. The second-order valence-corrected chi connectivity index (χ2v) is 6.78. The second-order valence-electron chi connectivity index (χ2n) is 6.78. The van der Waals surface area contributed by atoms with Gasteiger partial charge >= 0.3 is 0 Å². The molecule has 138 valence electrons. The van der Waals surface area contributed by atoms with E-state index in [2.05, 4.69) is 36.3 Å². The van der Waals surface area contributed by atoms with Crippen molar-refractivity contribution in [3.05, 3.63) is 90.3 Å². The maximum Gasteiger partial charge on any atom is 0.251 e. The SMILES string of the molecule is CC(C)[C@@H](CNC(=O)c1cccc(Oc2ccncc2)c1)c1ccccc1. The van der Waals surface area contributed by atoms with Crippen LogP contribution in [0.3, 0.4) is 0 Å². The predicted octanol–water partition coefficient (Wildman–Crippen LogP) is 5.04. The highest BCUT2D eigenvalue weighted by Gasteiger charge is 2.17. The van der Waals surface area contributed by atoms with Crippen molar-refractivity contribution in [3.8, 4) is 11.5 Å². The summed E-state index contributed by atoms with van der Waals surface area (Å²) in [6, 6.07) is 21.1. The topological polar surface area (TPSA) is 51.2 Å². The van der Waals surface area contributed by atoms with Crippen LogP contribution < -0.4 is 10.1 Å². The summed E-state index contributed by atoms with van der Waals surface area (Å²) in [7, 11) is 0. The molecule has 0 saturated heterocycles. The highest BCUT2D eigenvalue weighted by Crippen LogP contribution is 2.24. The van der Waals surface area contributed by atoms with E-state index in [0.29, 0.717) is 29.5 Å². The fourth-order valence-electron chi connectivity index (χ4n) is 2.99. The molecular weight excluding hydrogens is 336 g/mol. The Morgan fingerprint density at radius 2 is 1.70 bits per heavy atom. The molecule has 1 atom stereocenters. The number of nitrogens with one attached hydrogen (secondary N) is 1. The smallest absolute Gasteiger partial charge is 0.251 e. The number of rotatable bonds is 7. The van der Waals surface area contributed by atoms with E-state index in [-0.39, 0.29) is 11.8 Å². The van der Waals surface area contributed by atoms with Crippen LogP contribution in [0.4, 0.5) is 0 Å². The highest BCUT2D eigenvalue weighted by atomic mass is 16.5. The normalized spacial score (nSPS) is 11.8. The lowest BCUT2D eigenvalue weighted by Gasteiger charge is -2.22. The van der Waals surface area contributed by atoms with Gasteiger partial charge in [0.1, 0.15) is 11.5 Å². The number of hydrogen-bond acceptors (Lipinski definition) is 3. The van der Waals surface area contributed by atoms with Gasteiger partial charge in [-0.15, -0.1) is 0 Å². The Kier molecular flexibility index (Phi) is 6.21. The van der Waals surface area contributed by atoms with Crippen LogP contribution in [-0.2, 0) is 0 Å². The van der Waals surface area contributed by atoms with Crippen molar-refractivity contribution in [1.29, 1.82) is 0 Å². The third-order valence-electron chi connectivity index (χ3n) is 4.50. The summed E-state index contributed by atoms with van der Waals surface area (Å²) in [6.07, 6.45) is 3.34. The average Bonchev–Trinajstić information content (AvgIpc) is 2.69. The number of pyridine rings is 1. The largest absolute Gasteiger partial charge is 0.457 e. The fraction of sp³-hybridized carbons (Fsp3) is 0.217. The van der Waals surface area contributed by atoms with Crippen molar-refractivity contribution in [3.63, 3.8) is 0 Å². The first-order chi connectivity index (χ1) is 13.1. The lowest BCUT2D eigenvalue weighted by Crippen LogP contribution is -2.30. The molecule has 1 heterocycles. The summed E-state index contributed by atoms with van der Waals surface area (Å²) in [5, 5.41) is 3.07. The minimum atomic E-state index is -0.100. The molecule has 3 aromatic rings. The molecule has 1 N–H and O–H groups in total. The molecule has 0 aliphatic carbocycles. The summed E-state index contributed by atoms with van der Waals surface area (Å²) in [5.74, 6) is 1.90. The predicted molar refractivity (Wildman–Crippen MR) is 107 cm³/mol. The quantitative estimate of drug-likeness (QED) is 0.642.